The van der Waals surface area contributed by atoms with Gasteiger partial charge in [0.25, 0.3) is 0 Å². The second kappa shape index (κ2) is 12.5. The van der Waals surface area contributed by atoms with Gasteiger partial charge in [0.2, 0.25) is 11.8 Å². The first-order chi connectivity index (χ1) is 18.3. The SMILES string of the molecule is C=CCCCOC(=O)[C@@H]1[C@H]2C(=O)N(CCCCCO)C(C(=O)N(CC=C)C(C)(C)CC(C)(C)C)C23CC[C@H]1O3. The molecule has 3 aliphatic rings. The van der Waals surface area contributed by atoms with Gasteiger partial charge < -0.3 is 24.4 Å². The number of likely N-dealkylation sites (tertiary alicyclic amines) is 1. The van der Waals surface area contributed by atoms with Gasteiger partial charge in [-0.05, 0) is 70.6 Å². The van der Waals surface area contributed by atoms with Gasteiger partial charge in [-0.15, -0.1) is 13.2 Å². The van der Waals surface area contributed by atoms with Crippen molar-refractivity contribution >= 4 is 17.8 Å². The maximum atomic E-state index is 14.6. The minimum atomic E-state index is -1.04. The summed E-state index contributed by atoms with van der Waals surface area (Å²) in [5, 5.41) is 9.25. The van der Waals surface area contributed by atoms with Crippen LogP contribution < -0.4 is 0 Å². The van der Waals surface area contributed by atoms with E-state index in [-0.39, 0.29) is 30.4 Å². The Morgan fingerprint density at radius 1 is 1.15 bits per heavy atom. The molecule has 0 aromatic rings. The standard InChI is InChI=1S/C31H50N2O6/c1-8-10-14-20-38-28(37)23-22-15-16-31(39-22)24(23)26(35)32(18-12-11-13-19-34)25(31)27(36)33(17-9-2)30(6,7)21-29(3,4)5/h8-9,22-25,34H,1-2,10-21H2,3-7H3/t22-,23+,24+,25?,31?/m1/s1. The molecule has 1 spiro atoms. The fraction of sp³-hybridized carbons (Fsp3) is 0.774. The van der Waals surface area contributed by atoms with Crippen LogP contribution in [0.5, 0.6) is 0 Å². The normalized spacial score (nSPS) is 27.9. The summed E-state index contributed by atoms with van der Waals surface area (Å²) in [5.74, 6) is -2.19. The van der Waals surface area contributed by atoms with Gasteiger partial charge in [0.05, 0.1) is 24.5 Å². The summed E-state index contributed by atoms with van der Waals surface area (Å²) in [7, 11) is 0. The molecular weight excluding hydrogens is 496 g/mol. The van der Waals surface area contributed by atoms with E-state index in [1.165, 1.54) is 0 Å². The molecule has 220 valence electrons. The van der Waals surface area contributed by atoms with Crippen molar-refractivity contribution in [2.24, 2.45) is 17.3 Å². The molecule has 8 heteroatoms. The molecule has 8 nitrogen and oxygen atoms in total. The number of amides is 2. The maximum absolute atomic E-state index is 14.6. The minimum Gasteiger partial charge on any atom is -0.465 e. The van der Waals surface area contributed by atoms with E-state index in [4.69, 9.17) is 9.47 Å². The summed E-state index contributed by atoms with van der Waals surface area (Å²) >= 11 is 0. The molecule has 5 atom stereocenters. The monoisotopic (exact) mass is 546 g/mol. The summed E-state index contributed by atoms with van der Waals surface area (Å²) in [6.45, 7) is 19.3. The number of carbonyl (C=O) groups is 3. The van der Waals surface area contributed by atoms with Crippen LogP contribution in [0.1, 0.15) is 86.0 Å². The second-order valence-electron chi connectivity index (χ2n) is 13.3. The van der Waals surface area contributed by atoms with Crippen LogP contribution in [0.25, 0.3) is 0 Å². The summed E-state index contributed by atoms with van der Waals surface area (Å²) < 4.78 is 12.2. The lowest BCUT2D eigenvalue weighted by Gasteiger charge is -2.45. The Bertz CT molecular complexity index is 925. The molecule has 2 amide bonds. The average molecular weight is 547 g/mol. The number of aliphatic hydroxyl groups excluding tert-OH is 1. The predicted octanol–water partition coefficient (Wildman–Crippen LogP) is 4.26. The Morgan fingerprint density at radius 3 is 2.49 bits per heavy atom. The van der Waals surface area contributed by atoms with Crippen LogP contribution >= 0.6 is 0 Å². The van der Waals surface area contributed by atoms with Crippen molar-refractivity contribution in [1.29, 1.82) is 0 Å². The third-order valence-corrected chi connectivity index (χ3v) is 8.43. The topological polar surface area (TPSA) is 96.4 Å². The minimum absolute atomic E-state index is 0.0255. The summed E-state index contributed by atoms with van der Waals surface area (Å²) in [6.07, 6.45) is 8.47. The van der Waals surface area contributed by atoms with Gasteiger partial charge in [0.15, 0.2) is 0 Å². The van der Waals surface area contributed by atoms with E-state index in [0.717, 1.165) is 19.3 Å². The lowest BCUT2D eigenvalue weighted by molar-refractivity contribution is -0.156. The van der Waals surface area contributed by atoms with Crippen molar-refractivity contribution in [3.63, 3.8) is 0 Å². The average Bonchev–Trinajstić information content (AvgIpc) is 3.48. The van der Waals surface area contributed by atoms with Crippen molar-refractivity contribution in [3.05, 3.63) is 25.3 Å². The molecule has 0 aliphatic carbocycles. The molecule has 3 aliphatic heterocycles. The van der Waals surface area contributed by atoms with E-state index >= 15 is 0 Å². The van der Waals surface area contributed by atoms with E-state index in [1.807, 2.05) is 4.90 Å². The van der Waals surface area contributed by atoms with Gasteiger partial charge >= 0.3 is 5.97 Å². The molecule has 2 bridgehead atoms. The van der Waals surface area contributed by atoms with E-state index in [9.17, 15) is 19.5 Å². The molecule has 3 saturated heterocycles. The largest absolute Gasteiger partial charge is 0.465 e. The van der Waals surface area contributed by atoms with E-state index in [0.29, 0.717) is 45.2 Å². The Morgan fingerprint density at radius 2 is 1.87 bits per heavy atom. The Labute approximate surface area is 234 Å². The van der Waals surface area contributed by atoms with Crippen molar-refractivity contribution in [3.8, 4) is 0 Å². The van der Waals surface area contributed by atoms with Crippen LogP contribution in [0.3, 0.4) is 0 Å². The second-order valence-corrected chi connectivity index (χ2v) is 13.3. The molecule has 0 saturated carbocycles. The van der Waals surface area contributed by atoms with Gasteiger partial charge in [-0.3, -0.25) is 14.4 Å². The molecule has 3 heterocycles. The number of carbonyl (C=O) groups excluding carboxylic acids is 3. The molecule has 0 aromatic carbocycles. The summed E-state index contributed by atoms with van der Waals surface area (Å²) in [4.78, 5) is 45.5. The number of aliphatic hydroxyl groups is 1. The lowest BCUT2D eigenvalue weighted by Crippen LogP contribution is -2.61. The number of ether oxygens (including phenoxy) is 2. The van der Waals surface area contributed by atoms with Crippen molar-refractivity contribution in [1.82, 2.24) is 9.80 Å². The highest BCUT2D eigenvalue weighted by Crippen LogP contribution is 2.59. The number of hydrogen-bond donors (Lipinski definition) is 1. The molecule has 0 aromatic heterocycles. The van der Waals surface area contributed by atoms with Crippen LogP contribution in [0.15, 0.2) is 25.3 Å². The third kappa shape index (κ3) is 6.43. The van der Waals surface area contributed by atoms with Crippen LogP contribution in [-0.4, -0.2) is 82.3 Å². The van der Waals surface area contributed by atoms with Crippen molar-refractivity contribution in [2.45, 2.75) is 109 Å². The number of fused-ring (bicyclic) bond motifs is 1. The number of nitrogens with zero attached hydrogens (tertiary/aromatic N) is 2. The number of allylic oxidation sites excluding steroid dienone is 1. The quantitative estimate of drug-likeness (QED) is 0.187. The molecule has 39 heavy (non-hydrogen) atoms. The number of unbranched alkanes of at least 4 members (excludes halogenated alkanes) is 3. The maximum Gasteiger partial charge on any atom is 0.312 e. The highest BCUT2D eigenvalue weighted by molar-refractivity contribution is 5.98. The van der Waals surface area contributed by atoms with Crippen LogP contribution in [0, 0.1) is 17.3 Å². The van der Waals surface area contributed by atoms with Gasteiger partial charge in [0.1, 0.15) is 11.6 Å². The Hall–Kier alpha value is -2.19. The van der Waals surface area contributed by atoms with Crippen LogP contribution in [0.2, 0.25) is 0 Å². The van der Waals surface area contributed by atoms with Gasteiger partial charge in [-0.25, -0.2) is 0 Å². The molecule has 2 unspecified atom stereocenters. The fourth-order valence-corrected chi connectivity index (χ4v) is 7.31. The molecule has 3 rings (SSSR count). The first kappa shape index (κ1) is 31.3. The summed E-state index contributed by atoms with van der Waals surface area (Å²) in [6, 6.07) is -0.813. The zero-order valence-electron chi connectivity index (χ0n) is 24.7. The zero-order chi connectivity index (χ0) is 29.0. The first-order valence-corrected chi connectivity index (χ1v) is 14.6. The number of rotatable bonds is 15. The highest BCUT2D eigenvalue weighted by Gasteiger charge is 2.75. The third-order valence-electron chi connectivity index (χ3n) is 8.43. The molecule has 3 fully saturated rings. The van der Waals surface area contributed by atoms with Crippen LogP contribution in [0.4, 0.5) is 0 Å². The van der Waals surface area contributed by atoms with Gasteiger partial charge in [-0.1, -0.05) is 32.9 Å². The van der Waals surface area contributed by atoms with Crippen molar-refractivity contribution < 1.29 is 29.0 Å². The van der Waals surface area contributed by atoms with Crippen LogP contribution in [-0.2, 0) is 23.9 Å². The van der Waals surface area contributed by atoms with Gasteiger partial charge in [-0.2, -0.15) is 0 Å². The zero-order valence-corrected chi connectivity index (χ0v) is 24.7. The first-order valence-electron chi connectivity index (χ1n) is 14.6. The number of hydrogen-bond acceptors (Lipinski definition) is 6. The smallest absolute Gasteiger partial charge is 0.312 e. The van der Waals surface area contributed by atoms with E-state index in [2.05, 4.69) is 47.8 Å². The lowest BCUT2D eigenvalue weighted by atomic mass is 9.70. The molecule has 0 radical (unpaired) electrons. The fourth-order valence-electron chi connectivity index (χ4n) is 7.31. The summed E-state index contributed by atoms with van der Waals surface area (Å²) in [5.41, 5.74) is -1.57. The number of esters is 1. The molecule has 1 N–H and O–H groups in total. The highest BCUT2D eigenvalue weighted by atomic mass is 16.6. The molecular formula is C31H50N2O6. The predicted molar refractivity (Wildman–Crippen MR) is 151 cm³/mol. The Kier molecular flexibility index (Phi) is 10.1. The van der Waals surface area contributed by atoms with E-state index < -0.39 is 41.1 Å². The Balaban J connectivity index is 1.97. The van der Waals surface area contributed by atoms with Gasteiger partial charge in [0, 0.05) is 25.2 Å². The van der Waals surface area contributed by atoms with Crippen molar-refractivity contribution in [2.75, 3.05) is 26.3 Å². The van der Waals surface area contributed by atoms with E-state index in [1.54, 1.807) is 17.1 Å².